The Morgan fingerprint density at radius 3 is 2.44 bits per heavy atom. The van der Waals surface area contributed by atoms with Crippen LogP contribution < -0.4 is 4.74 Å². The number of benzene rings is 3. The molecule has 1 aromatic heterocycles. The second kappa shape index (κ2) is 12.7. The van der Waals surface area contributed by atoms with Crippen LogP contribution in [0.2, 0.25) is 0 Å². The molecule has 0 radical (unpaired) electrons. The van der Waals surface area contributed by atoms with E-state index in [9.17, 15) is 14.0 Å². The molecule has 1 N–H and O–H groups in total. The second-order valence-electron chi connectivity index (χ2n) is 10.4. The molecule has 4 rings (SSSR count). The summed E-state index contributed by atoms with van der Waals surface area (Å²) in [5, 5.41) is 9.82. The number of carbonyl (C=O) groups excluding carboxylic acids is 1. The van der Waals surface area contributed by atoms with Gasteiger partial charge in [0.1, 0.15) is 17.7 Å². The third kappa shape index (κ3) is 6.94. The highest BCUT2D eigenvalue weighted by molar-refractivity contribution is 6.16. The Hall–Kier alpha value is -3.93. The average molecular weight is 530 g/mol. The predicted octanol–water partition coefficient (Wildman–Crippen LogP) is 7.99. The summed E-state index contributed by atoms with van der Waals surface area (Å²) in [7, 11) is 0. The summed E-state index contributed by atoms with van der Waals surface area (Å²) in [6, 6.07) is 20.1. The monoisotopic (exact) mass is 529 g/mol. The number of ether oxygens (including phenoxy) is 1. The quantitative estimate of drug-likeness (QED) is 0.178. The fourth-order valence-electron chi connectivity index (χ4n) is 4.94. The largest absolute Gasteiger partial charge is 0.486 e. The van der Waals surface area contributed by atoms with E-state index in [1.54, 1.807) is 30.3 Å². The van der Waals surface area contributed by atoms with Crippen molar-refractivity contribution in [1.82, 2.24) is 4.57 Å². The van der Waals surface area contributed by atoms with Gasteiger partial charge in [0.05, 0.1) is 0 Å². The lowest BCUT2D eigenvalue weighted by molar-refractivity contribution is -0.137. The molecule has 0 aliphatic heterocycles. The molecule has 204 valence electrons. The van der Waals surface area contributed by atoms with Crippen LogP contribution in [0.3, 0.4) is 0 Å². The highest BCUT2D eigenvalue weighted by Gasteiger charge is 2.19. The maximum atomic E-state index is 14.7. The molecule has 1 unspecified atom stereocenters. The number of carbonyl (C=O) groups is 2. The maximum absolute atomic E-state index is 14.7. The zero-order valence-electron chi connectivity index (χ0n) is 22.8. The number of halogens is 1. The molecule has 1 atom stereocenters. The molecule has 6 heteroatoms. The first kappa shape index (κ1) is 28.1. The van der Waals surface area contributed by atoms with E-state index in [-0.39, 0.29) is 24.1 Å². The van der Waals surface area contributed by atoms with E-state index in [0.29, 0.717) is 42.2 Å². The second-order valence-corrected chi connectivity index (χ2v) is 10.4. The topological polar surface area (TPSA) is 68.5 Å². The van der Waals surface area contributed by atoms with Crippen molar-refractivity contribution in [3.05, 3.63) is 101 Å². The number of carboxylic acid groups (broad SMARTS) is 1. The van der Waals surface area contributed by atoms with Gasteiger partial charge < -0.3 is 14.4 Å². The van der Waals surface area contributed by atoms with Gasteiger partial charge >= 0.3 is 5.97 Å². The highest BCUT2D eigenvalue weighted by atomic mass is 19.1. The van der Waals surface area contributed by atoms with Gasteiger partial charge in [0, 0.05) is 41.2 Å². The van der Waals surface area contributed by atoms with Crippen molar-refractivity contribution in [2.75, 3.05) is 0 Å². The lowest BCUT2D eigenvalue weighted by atomic mass is 9.98. The fourth-order valence-corrected chi connectivity index (χ4v) is 4.94. The van der Waals surface area contributed by atoms with Crippen molar-refractivity contribution < 1.29 is 23.8 Å². The van der Waals surface area contributed by atoms with Crippen molar-refractivity contribution in [1.29, 1.82) is 0 Å². The molecule has 3 aromatic carbocycles. The van der Waals surface area contributed by atoms with Crippen LogP contribution in [0.4, 0.5) is 4.39 Å². The van der Waals surface area contributed by atoms with Gasteiger partial charge in [-0.3, -0.25) is 9.59 Å². The highest BCUT2D eigenvalue weighted by Crippen LogP contribution is 2.29. The minimum absolute atomic E-state index is 0.0744. The summed E-state index contributed by atoms with van der Waals surface area (Å²) in [6.45, 7) is 6.74. The van der Waals surface area contributed by atoms with Gasteiger partial charge in [0.15, 0.2) is 5.78 Å². The number of aliphatic carboxylic acids is 1. The first-order valence-electron chi connectivity index (χ1n) is 13.7. The van der Waals surface area contributed by atoms with E-state index in [0.717, 1.165) is 34.9 Å². The normalized spacial score (nSPS) is 12.1. The molecule has 1 heterocycles. The first-order chi connectivity index (χ1) is 18.8. The number of nitrogens with zero attached hydrogens (tertiary/aromatic N) is 1. The van der Waals surface area contributed by atoms with Crippen LogP contribution in [0.1, 0.15) is 79.6 Å². The number of aryl methyl sites for hydroxylation is 1. The number of fused-ring (bicyclic) bond motifs is 1. The van der Waals surface area contributed by atoms with Gasteiger partial charge in [-0.1, -0.05) is 57.5 Å². The van der Waals surface area contributed by atoms with Crippen LogP contribution in [0.5, 0.6) is 5.75 Å². The molecule has 0 saturated heterocycles. The van der Waals surface area contributed by atoms with E-state index in [1.807, 2.05) is 47.2 Å². The zero-order valence-corrected chi connectivity index (χ0v) is 22.8. The van der Waals surface area contributed by atoms with Gasteiger partial charge in [0.2, 0.25) is 0 Å². The number of para-hydroxylation sites is 1. The summed E-state index contributed by atoms with van der Waals surface area (Å²) in [5.41, 5.74) is 3.54. The van der Waals surface area contributed by atoms with E-state index in [4.69, 9.17) is 9.84 Å². The van der Waals surface area contributed by atoms with Gasteiger partial charge in [-0.15, -0.1) is 0 Å². The Morgan fingerprint density at radius 2 is 1.77 bits per heavy atom. The van der Waals surface area contributed by atoms with E-state index < -0.39 is 5.97 Å². The molecule has 0 fully saturated rings. The first-order valence-corrected chi connectivity index (χ1v) is 13.7. The smallest absolute Gasteiger partial charge is 0.303 e. The molecule has 0 bridgehead atoms. The molecule has 0 aliphatic rings. The third-order valence-electron chi connectivity index (χ3n) is 6.85. The van der Waals surface area contributed by atoms with Crippen molar-refractivity contribution in [2.24, 2.45) is 5.92 Å². The lowest BCUT2D eigenvalue weighted by Gasteiger charge is -2.20. The van der Waals surface area contributed by atoms with Crippen LogP contribution in [0, 0.1) is 11.7 Å². The molecular formula is C33H36FNO4. The Kier molecular flexibility index (Phi) is 9.18. The van der Waals surface area contributed by atoms with Crippen molar-refractivity contribution >= 4 is 22.7 Å². The van der Waals surface area contributed by atoms with Crippen LogP contribution in [0.25, 0.3) is 10.9 Å². The van der Waals surface area contributed by atoms with E-state index in [1.165, 1.54) is 0 Å². The van der Waals surface area contributed by atoms with Gasteiger partial charge in [-0.25, -0.2) is 4.39 Å². The minimum atomic E-state index is -0.834. The summed E-state index contributed by atoms with van der Waals surface area (Å²) in [6.07, 6.45) is 4.40. The number of hydrogen-bond acceptors (Lipinski definition) is 3. The van der Waals surface area contributed by atoms with Crippen molar-refractivity contribution in [2.45, 2.75) is 65.5 Å². The SMILES string of the molecule is CCCC(Oc1ccc(C(=O)c2cn(CCCC(=O)O)c3ccccc23)cc1)c1ccc(CC(C)C)c(F)c1. The summed E-state index contributed by atoms with van der Waals surface area (Å²) in [4.78, 5) is 24.4. The molecule has 5 nitrogen and oxygen atoms in total. The Balaban J connectivity index is 1.52. The number of ketones is 1. The molecular weight excluding hydrogens is 493 g/mol. The van der Waals surface area contributed by atoms with Crippen LogP contribution >= 0.6 is 0 Å². The minimum Gasteiger partial charge on any atom is -0.486 e. The van der Waals surface area contributed by atoms with Crippen LogP contribution in [0.15, 0.2) is 72.9 Å². The summed E-state index contributed by atoms with van der Waals surface area (Å²) < 4.78 is 23.0. The average Bonchev–Trinajstić information content (AvgIpc) is 3.28. The van der Waals surface area contributed by atoms with Crippen LogP contribution in [-0.4, -0.2) is 21.4 Å². The van der Waals surface area contributed by atoms with Crippen molar-refractivity contribution in [3.63, 3.8) is 0 Å². The molecule has 4 aromatic rings. The Labute approximate surface area is 229 Å². The van der Waals surface area contributed by atoms with Crippen molar-refractivity contribution in [3.8, 4) is 5.75 Å². The number of hydrogen-bond donors (Lipinski definition) is 1. The molecule has 0 amide bonds. The molecule has 0 saturated carbocycles. The van der Waals surface area contributed by atoms with Gasteiger partial charge in [-0.05, 0) is 72.7 Å². The standard InChI is InChI=1S/C33H36FNO4/c1-4-8-31(25-13-12-24(19-22(2)3)29(34)20-25)39-26-16-14-23(15-17-26)33(38)28-21-35(18-7-11-32(36)37)30-10-6-5-9-27(28)30/h5-6,9-10,12-17,20-22,31H,4,7-8,11,18-19H2,1-3H3,(H,36,37). The number of rotatable bonds is 13. The predicted molar refractivity (Wildman–Crippen MR) is 152 cm³/mol. The van der Waals surface area contributed by atoms with E-state index >= 15 is 0 Å². The summed E-state index contributed by atoms with van der Waals surface area (Å²) in [5.74, 6) is -0.147. The Morgan fingerprint density at radius 1 is 1.03 bits per heavy atom. The third-order valence-corrected chi connectivity index (χ3v) is 6.85. The maximum Gasteiger partial charge on any atom is 0.303 e. The Bertz CT molecular complexity index is 1440. The summed E-state index contributed by atoms with van der Waals surface area (Å²) >= 11 is 0. The number of aromatic nitrogens is 1. The lowest BCUT2D eigenvalue weighted by Crippen LogP contribution is -2.09. The van der Waals surface area contributed by atoms with Crippen LogP contribution in [-0.2, 0) is 17.8 Å². The zero-order chi connectivity index (χ0) is 27.9. The molecule has 0 spiro atoms. The molecule has 39 heavy (non-hydrogen) atoms. The van der Waals surface area contributed by atoms with E-state index in [2.05, 4.69) is 20.8 Å². The number of carboxylic acids is 1. The molecule has 0 aliphatic carbocycles. The van der Waals surface area contributed by atoms with Gasteiger partial charge in [-0.2, -0.15) is 0 Å². The van der Waals surface area contributed by atoms with Gasteiger partial charge in [0.25, 0.3) is 0 Å². The fraction of sp³-hybridized carbons (Fsp3) is 0.333.